The van der Waals surface area contributed by atoms with E-state index in [9.17, 15) is 9.59 Å². The standard InChI is InChI=1S/C26H34N6O3/c1-5-22(30-12-14-31(15-13-30)23(33)6-2)20-10-8-19(9-11-20)18(4)28-25-27-16-21-17-35-26(34)32(7-3)24(21)29-25/h6,8-11,16,18,22H,2,5,7,12-15,17H2,1,3-4H3,(H,27,28,29)/t18-,22?/m0/s1. The van der Waals surface area contributed by atoms with Gasteiger partial charge in [0.1, 0.15) is 12.4 Å². The summed E-state index contributed by atoms with van der Waals surface area (Å²) in [6, 6.07) is 8.96. The Balaban J connectivity index is 1.41. The topological polar surface area (TPSA) is 90.9 Å². The van der Waals surface area contributed by atoms with Gasteiger partial charge in [0.05, 0.1) is 11.6 Å². The van der Waals surface area contributed by atoms with Gasteiger partial charge in [-0.05, 0) is 37.5 Å². The first-order valence-corrected chi connectivity index (χ1v) is 12.3. The smallest absolute Gasteiger partial charge is 0.415 e. The predicted molar refractivity (Wildman–Crippen MR) is 135 cm³/mol. The second kappa shape index (κ2) is 10.9. The first-order chi connectivity index (χ1) is 16.9. The maximum absolute atomic E-state index is 12.0. The third-order valence-electron chi connectivity index (χ3n) is 6.78. The average molecular weight is 479 g/mol. The number of hydrogen-bond acceptors (Lipinski definition) is 7. The van der Waals surface area contributed by atoms with Gasteiger partial charge >= 0.3 is 6.09 Å². The van der Waals surface area contributed by atoms with Crippen LogP contribution in [0.25, 0.3) is 0 Å². The van der Waals surface area contributed by atoms with E-state index < -0.39 is 0 Å². The molecule has 2 atom stereocenters. The van der Waals surface area contributed by atoms with Crippen LogP contribution in [0.3, 0.4) is 0 Å². The summed E-state index contributed by atoms with van der Waals surface area (Å²) < 4.78 is 5.16. The number of amides is 2. The number of cyclic esters (lactones) is 1. The Hall–Kier alpha value is -3.46. The molecule has 1 saturated heterocycles. The van der Waals surface area contributed by atoms with Crippen molar-refractivity contribution in [1.29, 1.82) is 0 Å². The van der Waals surface area contributed by atoms with Gasteiger partial charge in [0.15, 0.2) is 0 Å². The molecule has 9 heteroatoms. The van der Waals surface area contributed by atoms with E-state index >= 15 is 0 Å². The number of hydrogen-bond donors (Lipinski definition) is 1. The van der Waals surface area contributed by atoms with Crippen molar-refractivity contribution < 1.29 is 14.3 Å². The van der Waals surface area contributed by atoms with Crippen LogP contribution in [0.4, 0.5) is 16.6 Å². The molecule has 2 aromatic rings. The Bertz CT molecular complexity index is 1070. The summed E-state index contributed by atoms with van der Waals surface area (Å²) in [5.74, 6) is 1.09. The molecular formula is C26H34N6O3. The van der Waals surface area contributed by atoms with Gasteiger partial charge in [-0.3, -0.25) is 14.6 Å². The molecule has 1 aromatic heterocycles. The van der Waals surface area contributed by atoms with Gasteiger partial charge in [-0.2, -0.15) is 4.98 Å². The molecule has 1 N–H and O–H groups in total. The van der Waals surface area contributed by atoms with Crippen LogP contribution in [0, 0.1) is 0 Å². The quantitative estimate of drug-likeness (QED) is 0.575. The van der Waals surface area contributed by atoms with Crippen LogP contribution in [0.1, 0.15) is 56.0 Å². The molecule has 0 saturated carbocycles. The highest BCUT2D eigenvalue weighted by Gasteiger charge is 2.27. The van der Waals surface area contributed by atoms with E-state index in [1.165, 1.54) is 16.5 Å². The number of anilines is 2. The zero-order valence-corrected chi connectivity index (χ0v) is 20.7. The molecule has 1 unspecified atom stereocenters. The number of nitrogens with zero attached hydrogens (tertiary/aromatic N) is 5. The van der Waals surface area contributed by atoms with E-state index in [0.717, 1.165) is 43.7 Å². The van der Waals surface area contributed by atoms with E-state index in [1.54, 1.807) is 6.20 Å². The van der Waals surface area contributed by atoms with Gasteiger partial charge in [-0.25, -0.2) is 9.78 Å². The van der Waals surface area contributed by atoms with Gasteiger partial charge in [-0.15, -0.1) is 0 Å². The molecule has 9 nitrogen and oxygen atoms in total. The molecule has 186 valence electrons. The molecule has 1 aromatic carbocycles. The minimum atomic E-state index is -0.382. The molecule has 2 aliphatic rings. The van der Waals surface area contributed by atoms with Crippen molar-refractivity contribution in [2.24, 2.45) is 0 Å². The predicted octanol–water partition coefficient (Wildman–Crippen LogP) is 3.91. The van der Waals surface area contributed by atoms with Gasteiger partial charge in [0.25, 0.3) is 0 Å². The fourth-order valence-corrected chi connectivity index (χ4v) is 4.76. The lowest BCUT2D eigenvalue weighted by atomic mass is 9.98. The SMILES string of the molecule is C=CC(=O)N1CCN(C(CC)c2ccc([C@H](C)Nc3ncc4c(n3)N(CC)C(=O)OC4)cc2)CC1. The molecule has 4 rings (SSSR count). The van der Waals surface area contributed by atoms with Crippen molar-refractivity contribution in [3.8, 4) is 0 Å². The van der Waals surface area contributed by atoms with Gasteiger partial charge < -0.3 is 15.0 Å². The molecule has 0 spiro atoms. The van der Waals surface area contributed by atoms with Crippen molar-refractivity contribution in [3.05, 3.63) is 59.8 Å². The summed E-state index contributed by atoms with van der Waals surface area (Å²) in [5, 5.41) is 3.36. The van der Waals surface area contributed by atoms with Crippen molar-refractivity contribution >= 4 is 23.8 Å². The number of benzene rings is 1. The maximum Gasteiger partial charge on any atom is 0.415 e. The lowest BCUT2D eigenvalue weighted by Gasteiger charge is -2.39. The van der Waals surface area contributed by atoms with Crippen molar-refractivity contribution in [2.45, 2.75) is 45.9 Å². The second-order valence-electron chi connectivity index (χ2n) is 8.86. The van der Waals surface area contributed by atoms with E-state index in [-0.39, 0.29) is 24.6 Å². The zero-order valence-electron chi connectivity index (χ0n) is 20.7. The molecule has 1 fully saturated rings. The summed E-state index contributed by atoms with van der Waals surface area (Å²) in [7, 11) is 0. The first-order valence-electron chi connectivity index (χ1n) is 12.3. The third-order valence-corrected chi connectivity index (χ3v) is 6.78. The lowest BCUT2D eigenvalue weighted by molar-refractivity contribution is -0.128. The fraction of sp³-hybridized carbons (Fsp3) is 0.462. The first kappa shape index (κ1) is 24.7. The number of carbonyl (C=O) groups is 2. The average Bonchev–Trinajstić information content (AvgIpc) is 2.89. The van der Waals surface area contributed by atoms with Crippen LogP contribution in [0.2, 0.25) is 0 Å². The zero-order chi connectivity index (χ0) is 24.9. The van der Waals surface area contributed by atoms with Crippen molar-refractivity contribution in [1.82, 2.24) is 19.8 Å². The number of carbonyl (C=O) groups excluding carboxylic acids is 2. The second-order valence-corrected chi connectivity index (χ2v) is 8.86. The van der Waals surface area contributed by atoms with Crippen LogP contribution >= 0.6 is 0 Å². The highest BCUT2D eigenvalue weighted by molar-refractivity contribution is 5.89. The largest absolute Gasteiger partial charge is 0.444 e. The van der Waals surface area contributed by atoms with Gasteiger partial charge in [-0.1, -0.05) is 37.8 Å². The van der Waals surface area contributed by atoms with Crippen LogP contribution in [0.5, 0.6) is 0 Å². The van der Waals surface area contributed by atoms with Crippen LogP contribution in [-0.2, 0) is 16.1 Å². The molecule has 2 amide bonds. The van der Waals surface area contributed by atoms with E-state index in [1.807, 2.05) is 11.8 Å². The molecular weight excluding hydrogens is 444 g/mol. The van der Waals surface area contributed by atoms with Crippen LogP contribution in [0.15, 0.2) is 43.1 Å². The van der Waals surface area contributed by atoms with Crippen molar-refractivity contribution in [3.63, 3.8) is 0 Å². The number of ether oxygens (including phenoxy) is 1. The Labute approximate surface area is 206 Å². The minimum Gasteiger partial charge on any atom is -0.444 e. The minimum absolute atomic E-state index is 0.00813. The number of nitrogens with one attached hydrogen (secondary N) is 1. The lowest BCUT2D eigenvalue weighted by Crippen LogP contribution is -2.49. The van der Waals surface area contributed by atoms with Crippen molar-refractivity contribution in [2.75, 3.05) is 42.9 Å². The normalized spacial score (nSPS) is 17.9. The summed E-state index contributed by atoms with van der Waals surface area (Å²) >= 11 is 0. The Kier molecular flexibility index (Phi) is 7.65. The summed E-state index contributed by atoms with van der Waals surface area (Å²) in [6.45, 7) is 13.6. The molecule has 0 aliphatic carbocycles. The number of aromatic nitrogens is 2. The maximum atomic E-state index is 12.0. The molecule has 2 aliphatic heterocycles. The van der Waals surface area contributed by atoms with Gasteiger partial charge in [0.2, 0.25) is 11.9 Å². The summed E-state index contributed by atoms with van der Waals surface area (Å²) in [5.41, 5.74) is 3.20. The molecule has 35 heavy (non-hydrogen) atoms. The van der Waals surface area contributed by atoms with Crippen LogP contribution < -0.4 is 10.2 Å². The number of rotatable bonds is 8. The summed E-state index contributed by atoms with van der Waals surface area (Å²) in [6.07, 6.45) is 3.72. The third kappa shape index (κ3) is 5.30. The number of fused-ring (bicyclic) bond motifs is 1. The van der Waals surface area contributed by atoms with Gasteiger partial charge in [0, 0.05) is 45.0 Å². The Morgan fingerprint density at radius 1 is 1.17 bits per heavy atom. The van der Waals surface area contributed by atoms with E-state index in [2.05, 4.69) is 64.9 Å². The fourth-order valence-electron chi connectivity index (χ4n) is 4.76. The Morgan fingerprint density at radius 3 is 2.49 bits per heavy atom. The highest BCUT2D eigenvalue weighted by atomic mass is 16.6. The highest BCUT2D eigenvalue weighted by Crippen LogP contribution is 2.29. The Morgan fingerprint density at radius 2 is 1.86 bits per heavy atom. The number of piperazine rings is 1. The monoisotopic (exact) mass is 478 g/mol. The molecule has 0 radical (unpaired) electrons. The summed E-state index contributed by atoms with van der Waals surface area (Å²) in [4.78, 5) is 38.7. The molecule has 3 heterocycles. The van der Waals surface area contributed by atoms with E-state index in [0.29, 0.717) is 24.4 Å². The van der Waals surface area contributed by atoms with E-state index in [4.69, 9.17) is 4.74 Å². The van der Waals surface area contributed by atoms with Crippen LogP contribution in [-0.4, -0.2) is 64.5 Å². The molecule has 0 bridgehead atoms.